The van der Waals surface area contributed by atoms with E-state index in [4.69, 9.17) is 0 Å². The van der Waals surface area contributed by atoms with E-state index in [1.807, 2.05) is 6.07 Å². The van der Waals surface area contributed by atoms with Crippen LogP contribution in [0, 0.1) is 0 Å². The maximum absolute atomic E-state index is 11.0. The van der Waals surface area contributed by atoms with Gasteiger partial charge in [0.25, 0.3) is 0 Å². The topological polar surface area (TPSA) is 49.4 Å². The summed E-state index contributed by atoms with van der Waals surface area (Å²) in [7, 11) is -3.08. The van der Waals surface area contributed by atoms with Crippen molar-refractivity contribution in [2.45, 2.75) is 25.3 Å². The van der Waals surface area contributed by atoms with Crippen LogP contribution >= 0.6 is 0 Å². The molecule has 1 aliphatic heterocycles. The van der Waals surface area contributed by atoms with Gasteiger partial charge in [-0.2, -0.15) is 0 Å². The fourth-order valence-electron chi connectivity index (χ4n) is 2.84. The molecule has 1 aromatic carbocycles. The Labute approximate surface area is 115 Å². The molecule has 0 aliphatic carbocycles. The predicted molar refractivity (Wildman–Crippen MR) is 77.7 cm³/mol. The van der Waals surface area contributed by atoms with Gasteiger partial charge in [-0.05, 0) is 25.5 Å². The van der Waals surface area contributed by atoms with Crippen molar-refractivity contribution in [3.8, 4) is 0 Å². The van der Waals surface area contributed by atoms with Crippen LogP contribution in [0.1, 0.15) is 24.8 Å². The molecule has 2 rings (SSSR count). The van der Waals surface area contributed by atoms with E-state index in [1.54, 1.807) is 0 Å². The highest BCUT2D eigenvalue weighted by Gasteiger charge is 2.31. The fourth-order valence-corrected chi connectivity index (χ4v) is 3.30. The Hall–Kier alpha value is -0.910. The third-order valence-electron chi connectivity index (χ3n) is 3.88. The average Bonchev–Trinajstić information content (AvgIpc) is 2.71. The van der Waals surface area contributed by atoms with Crippen LogP contribution in [0.3, 0.4) is 0 Å². The minimum absolute atomic E-state index is 0.462. The molecule has 0 unspecified atom stereocenters. The van der Waals surface area contributed by atoms with Crippen molar-refractivity contribution in [2.75, 3.05) is 25.9 Å². The molecule has 0 bridgehead atoms. The van der Waals surface area contributed by atoms with Gasteiger partial charge in [-0.1, -0.05) is 30.3 Å². The first-order chi connectivity index (χ1) is 8.97. The molecule has 1 fully saturated rings. The van der Waals surface area contributed by atoms with Gasteiger partial charge in [0.2, 0.25) is 10.0 Å². The molecule has 1 aliphatic rings. The third-order valence-corrected chi connectivity index (χ3v) is 4.61. The maximum Gasteiger partial charge on any atom is 0.208 e. The Morgan fingerprint density at radius 2 is 2.00 bits per heavy atom. The number of rotatable bonds is 5. The molecule has 0 amide bonds. The highest BCUT2D eigenvalue weighted by molar-refractivity contribution is 7.88. The lowest BCUT2D eigenvalue weighted by atomic mass is 9.93. The molecular formula is C14H22N2O2S. The van der Waals surface area contributed by atoms with Crippen molar-refractivity contribution in [1.82, 2.24) is 9.62 Å². The quantitative estimate of drug-likeness (QED) is 0.888. The highest BCUT2D eigenvalue weighted by atomic mass is 32.2. The van der Waals surface area contributed by atoms with Crippen molar-refractivity contribution >= 4 is 10.0 Å². The van der Waals surface area contributed by atoms with Crippen LogP contribution in [-0.4, -0.2) is 45.2 Å². The molecule has 0 radical (unpaired) electrons. The van der Waals surface area contributed by atoms with Gasteiger partial charge in [0.05, 0.1) is 6.26 Å². The summed E-state index contributed by atoms with van der Waals surface area (Å²) >= 11 is 0. The summed E-state index contributed by atoms with van der Waals surface area (Å²) in [4.78, 5) is 2.36. The number of nitrogens with zero attached hydrogens (tertiary/aromatic N) is 1. The molecule has 2 atom stereocenters. The lowest BCUT2D eigenvalue weighted by Crippen LogP contribution is -2.37. The van der Waals surface area contributed by atoms with Crippen LogP contribution in [0.15, 0.2) is 30.3 Å². The summed E-state index contributed by atoms with van der Waals surface area (Å²) in [6.45, 7) is 4.53. The average molecular weight is 282 g/mol. The van der Waals surface area contributed by atoms with Gasteiger partial charge in [-0.15, -0.1) is 0 Å². The Kier molecular flexibility index (Phi) is 4.60. The van der Waals surface area contributed by atoms with Crippen molar-refractivity contribution < 1.29 is 8.42 Å². The summed E-state index contributed by atoms with van der Waals surface area (Å²) in [5.74, 6) is 0.555. The number of hydrogen-bond donors (Lipinski definition) is 1. The standard InChI is InChI=1S/C14H22N2O2S/c1-12-14(13-6-4-3-5-7-13)8-10-16(12)11-9-15-19(2,17)18/h3-7,12,14-15H,8-11H2,1-2H3/t12-,14+/m1/s1. The smallest absolute Gasteiger partial charge is 0.208 e. The van der Waals surface area contributed by atoms with Crippen molar-refractivity contribution in [3.05, 3.63) is 35.9 Å². The molecule has 1 heterocycles. The second-order valence-electron chi connectivity index (χ2n) is 5.25. The van der Waals surface area contributed by atoms with Gasteiger partial charge in [0.15, 0.2) is 0 Å². The van der Waals surface area contributed by atoms with Crippen LogP contribution in [0.25, 0.3) is 0 Å². The van der Waals surface area contributed by atoms with E-state index in [1.165, 1.54) is 11.8 Å². The van der Waals surface area contributed by atoms with Crippen LogP contribution in [0.4, 0.5) is 0 Å². The van der Waals surface area contributed by atoms with Crippen LogP contribution in [0.2, 0.25) is 0 Å². The Morgan fingerprint density at radius 3 is 2.63 bits per heavy atom. The molecule has 4 nitrogen and oxygen atoms in total. The highest BCUT2D eigenvalue weighted by Crippen LogP contribution is 2.32. The van der Waals surface area contributed by atoms with E-state index in [0.717, 1.165) is 19.5 Å². The largest absolute Gasteiger partial charge is 0.299 e. The van der Waals surface area contributed by atoms with E-state index in [-0.39, 0.29) is 0 Å². The fraction of sp³-hybridized carbons (Fsp3) is 0.571. The number of benzene rings is 1. The van der Waals surface area contributed by atoms with E-state index in [2.05, 4.69) is 40.8 Å². The minimum Gasteiger partial charge on any atom is -0.299 e. The molecule has 0 saturated carbocycles. The monoisotopic (exact) mass is 282 g/mol. The summed E-state index contributed by atoms with van der Waals surface area (Å²) in [6.07, 6.45) is 2.34. The van der Waals surface area contributed by atoms with Crippen LogP contribution < -0.4 is 4.72 Å². The summed E-state index contributed by atoms with van der Waals surface area (Å²) in [5.41, 5.74) is 1.38. The number of sulfonamides is 1. The maximum atomic E-state index is 11.0. The van der Waals surface area contributed by atoms with Crippen LogP contribution in [-0.2, 0) is 10.0 Å². The normalized spacial score (nSPS) is 24.7. The third kappa shape index (κ3) is 4.03. The van der Waals surface area contributed by atoms with Gasteiger partial charge in [-0.3, -0.25) is 4.90 Å². The molecule has 0 aromatic heterocycles. The summed E-state index contributed by atoms with van der Waals surface area (Å²) < 4.78 is 24.6. The van der Waals surface area contributed by atoms with Crippen molar-refractivity contribution in [1.29, 1.82) is 0 Å². The van der Waals surface area contributed by atoms with Gasteiger partial charge in [0.1, 0.15) is 0 Å². The zero-order valence-corrected chi connectivity index (χ0v) is 12.4. The molecule has 0 spiro atoms. The van der Waals surface area contributed by atoms with E-state index < -0.39 is 10.0 Å². The number of likely N-dealkylation sites (tertiary alicyclic amines) is 1. The first-order valence-electron chi connectivity index (χ1n) is 6.71. The second kappa shape index (κ2) is 6.03. The van der Waals surface area contributed by atoms with Gasteiger partial charge >= 0.3 is 0 Å². The van der Waals surface area contributed by atoms with Gasteiger partial charge < -0.3 is 0 Å². The molecule has 1 aromatic rings. The lowest BCUT2D eigenvalue weighted by Gasteiger charge is -2.24. The summed E-state index contributed by atoms with van der Waals surface area (Å²) in [5, 5.41) is 0. The van der Waals surface area contributed by atoms with E-state index >= 15 is 0 Å². The minimum atomic E-state index is -3.08. The van der Waals surface area contributed by atoms with Crippen molar-refractivity contribution in [3.63, 3.8) is 0 Å². The van der Waals surface area contributed by atoms with E-state index in [9.17, 15) is 8.42 Å². The molecule has 1 N–H and O–H groups in total. The molecule has 19 heavy (non-hydrogen) atoms. The zero-order chi connectivity index (χ0) is 13.9. The Bertz CT molecular complexity index is 501. The van der Waals surface area contributed by atoms with E-state index in [0.29, 0.717) is 18.5 Å². The lowest BCUT2D eigenvalue weighted by molar-refractivity contribution is 0.264. The zero-order valence-electron chi connectivity index (χ0n) is 11.5. The molecule has 106 valence electrons. The van der Waals surface area contributed by atoms with Crippen molar-refractivity contribution in [2.24, 2.45) is 0 Å². The predicted octanol–water partition coefficient (Wildman–Crippen LogP) is 1.41. The number of nitrogens with one attached hydrogen (secondary N) is 1. The first kappa shape index (κ1) is 14.5. The Morgan fingerprint density at radius 1 is 1.32 bits per heavy atom. The molecular weight excluding hydrogens is 260 g/mol. The molecule has 1 saturated heterocycles. The number of hydrogen-bond acceptors (Lipinski definition) is 3. The molecule has 5 heteroatoms. The summed E-state index contributed by atoms with van der Waals surface area (Å²) in [6, 6.07) is 11.0. The Balaban J connectivity index is 1.89. The van der Waals surface area contributed by atoms with Crippen LogP contribution in [0.5, 0.6) is 0 Å². The first-order valence-corrected chi connectivity index (χ1v) is 8.60. The SMILES string of the molecule is C[C@@H]1[C@@H](c2ccccc2)CCN1CCNS(C)(=O)=O. The van der Waals surface area contributed by atoms with Gasteiger partial charge in [0, 0.05) is 25.0 Å². The van der Waals surface area contributed by atoms with Gasteiger partial charge in [-0.25, -0.2) is 13.1 Å². The second-order valence-corrected chi connectivity index (χ2v) is 7.08.